The molecule has 0 saturated carbocycles. The van der Waals surface area contributed by atoms with Gasteiger partial charge in [-0.3, -0.25) is 4.98 Å². The van der Waals surface area contributed by atoms with Crippen LogP contribution in [0.3, 0.4) is 0 Å². The molecule has 0 fully saturated rings. The lowest BCUT2D eigenvalue weighted by Crippen LogP contribution is -2.24. The summed E-state index contributed by atoms with van der Waals surface area (Å²) in [6.07, 6.45) is 19.3. The molecule has 5 nitrogen and oxygen atoms in total. The van der Waals surface area contributed by atoms with Gasteiger partial charge >= 0.3 is 0 Å². The lowest BCUT2D eigenvalue weighted by Gasteiger charge is -2.28. The Morgan fingerprint density at radius 1 is 0.558 bits per heavy atom. The largest absolute Gasteiger partial charge is 0.357 e. The molecule has 8 bridgehead atoms. The van der Waals surface area contributed by atoms with Gasteiger partial charge in [0.1, 0.15) is 0 Å². The number of anilines is 1. The Balaban J connectivity index is 1.80. The van der Waals surface area contributed by atoms with E-state index in [2.05, 4.69) is 106 Å². The van der Waals surface area contributed by atoms with Gasteiger partial charge in [-0.25, -0.2) is 0 Å². The van der Waals surface area contributed by atoms with E-state index in [9.17, 15) is 0 Å². The van der Waals surface area contributed by atoms with Gasteiger partial charge in [0, 0.05) is 62.4 Å². The van der Waals surface area contributed by atoms with Gasteiger partial charge in [-0.2, -0.15) is 0 Å². The van der Waals surface area contributed by atoms with Crippen LogP contribution in [0.5, 0.6) is 0 Å². The molecule has 0 amide bonds. The van der Waals surface area contributed by atoms with Crippen LogP contribution in [0.4, 0.5) is 5.69 Å². The number of hydrogen-bond donors (Lipinski definition) is 4. The van der Waals surface area contributed by atoms with Crippen LogP contribution in [0, 0.1) is 0 Å². The van der Waals surface area contributed by atoms with Crippen molar-refractivity contribution in [2.75, 3.05) is 5.32 Å². The van der Waals surface area contributed by atoms with Crippen molar-refractivity contribution in [2.45, 2.75) is 112 Å². The summed E-state index contributed by atoms with van der Waals surface area (Å²) in [5.74, 6) is 0. The third-order valence-electron chi connectivity index (χ3n) is 10.5. The second kappa shape index (κ2) is 11.4. The van der Waals surface area contributed by atoms with Crippen molar-refractivity contribution in [2.24, 2.45) is 0 Å². The number of hydrogen-bond acceptors (Lipinski definition) is 2. The molecule has 43 heavy (non-hydrogen) atoms. The van der Waals surface area contributed by atoms with Crippen molar-refractivity contribution >= 4 is 23.9 Å². The first kappa shape index (κ1) is 29.3. The van der Waals surface area contributed by atoms with E-state index in [-0.39, 0.29) is 5.41 Å². The topological polar surface area (TPSA) is 72.3 Å². The third kappa shape index (κ3) is 4.29. The van der Waals surface area contributed by atoms with E-state index in [1.54, 1.807) is 0 Å². The lowest BCUT2D eigenvalue weighted by molar-refractivity contribution is 0.487. The van der Waals surface area contributed by atoms with Crippen molar-refractivity contribution in [3.05, 3.63) is 84.8 Å². The van der Waals surface area contributed by atoms with E-state index >= 15 is 0 Å². The number of aromatic amines is 3. The maximum atomic E-state index is 4.89. The molecule has 0 atom stereocenters. The summed E-state index contributed by atoms with van der Waals surface area (Å²) in [7, 11) is 0. The quantitative estimate of drug-likeness (QED) is 0.175. The summed E-state index contributed by atoms with van der Waals surface area (Å²) in [5, 5.41) is 6.44. The number of fused-ring (bicyclic) bond motifs is 8. The normalized spacial score (nSPS) is 14.7. The predicted octanol–water partition coefficient (Wildman–Crippen LogP) is 7.60. The van der Waals surface area contributed by atoms with E-state index in [0.717, 1.165) is 51.4 Å². The van der Waals surface area contributed by atoms with Crippen molar-refractivity contribution in [3.63, 3.8) is 0 Å². The minimum absolute atomic E-state index is 0.112. The molecule has 6 rings (SSSR count). The first-order valence-electron chi connectivity index (χ1n) is 16.8. The predicted molar refractivity (Wildman–Crippen MR) is 182 cm³/mol. The summed E-state index contributed by atoms with van der Waals surface area (Å²) in [5.41, 5.74) is 18.2. The van der Waals surface area contributed by atoms with Gasteiger partial charge < -0.3 is 20.3 Å². The zero-order valence-corrected chi connectivity index (χ0v) is 27.5. The van der Waals surface area contributed by atoms with Crippen molar-refractivity contribution in [1.29, 1.82) is 0 Å². The summed E-state index contributed by atoms with van der Waals surface area (Å²) in [4.78, 5) is 16.6. The first-order chi connectivity index (χ1) is 20.9. The fraction of sp³-hybridized carbons (Fsp3) is 0.447. The SMILES string of the molecule is CCc1c2[nH]c(c1CC)C=c1[nH]c(c(CC)c1CC)=Cc1[nH]c(c(CC)c1CC)-c1cncc3c1NC(=C2)C3(CC)CC. The number of nitrogens with one attached hydrogen (secondary N) is 4. The molecule has 0 saturated heterocycles. The Morgan fingerprint density at radius 2 is 1.07 bits per heavy atom. The Kier molecular flexibility index (Phi) is 7.78. The van der Waals surface area contributed by atoms with Gasteiger partial charge in [0.15, 0.2) is 0 Å². The fourth-order valence-corrected chi connectivity index (χ4v) is 8.26. The molecule has 226 valence electrons. The molecule has 4 aromatic heterocycles. The number of nitrogens with zero attached hydrogens (tertiary/aromatic N) is 1. The fourth-order valence-electron chi connectivity index (χ4n) is 8.26. The maximum Gasteiger partial charge on any atom is 0.0550 e. The average molecular weight is 576 g/mol. The van der Waals surface area contributed by atoms with Gasteiger partial charge in [-0.15, -0.1) is 0 Å². The number of rotatable bonds is 8. The maximum absolute atomic E-state index is 4.89. The molecule has 5 heteroatoms. The van der Waals surface area contributed by atoms with Gasteiger partial charge in [0.05, 0.1) is 11.4 Å². The molecule has 0 aliphatic carbocycles. The molecule has 4 aromatic rings. The Bertz CT molecular complexity index is 1830. The zero-order valence-electron chi connectivity index (χ0n) is 27.5. The van der Waals surface area contributed by atoms with Crippen molar-refractivity contribution < 1.29 is 0 Å². The Hall–Kier alpha value is -3.73. The molecule has 0 radical (unpaired) electrons. The van der Waals surface area contributed by atoms with E-state index in [4.69, 9.17) is 4.98 Å². The summed E-state index contributed by atoms with van der Waals surface area (Å²) >= 11 is 0. The van der Waals surface area contributed by atoms with Crippen LogP contribution in [0.25, 0.3) is 29.5 Å². The van der Waals surface area contributed by atoms with Crippen LogP contribution in [-0.2, 0) is 43.9 Å². The highest BCUT2D eigenvalue weighted by Crippen LogP contribution is 2.52. The summed E-state index contributed by atoms with van der Waals surface area (Å²) in [6.45, 7) is 18.4. The Morgan fingerprint density at radius 3 is 1.60 bits per heavy atom. The van der Waals surface area contributed by atoms with E-state index in [0.29, 0.717) is 0 Å². The highest BCUT2D eigenvalue weighted by atomic mass is 15.0. The number of allylic oxidation sites excluding steroid dienone is 1. The van der Waals surface area contributed by atoms with E-state index < -0.39 is 0 Å². The number of aromatic nitrogens is 4. The van der Waals surface area contributed by atoms with Crippen LogP contribution < -0.4 is 16.0 Å². The molecule has 4 N–H and O–H groups in total. The average Bonchev–Trinajstić information content (AvgIpc) is 3.74. The van der Waals surface area contributed by atoms with Crippen LogP contribution in [0.2, 0.25) is 0 Å². The molecule has 2 aliphatic rings. The highest BCUT2D eigenvalue weighted by Gasteiger charge is 2.42. The van der Waals surface area contributed by atoms with Crippen LogP contribution >= 0.6 is 0 Å². The summed E-state index contributed by atoms with van der Waals surface area (Å²) < 4.78 is 0. The van der Waals surface area contributed by atoms with Gasteiger partial charge in [-0.1, -0.05) is 55.4 Å². The molecule has 6 heterocycles. The molecular weight excluding hydrogens is 526 g/mol. The van der Waals surface area contributed by atoms with Crippen molar-refractivity contribution in [3.8, 4) is 11.3 Å². The van der Waals surface area contributed by atoms with Gasteiger partial charge in [0.2, 0.25) is 0 Å². The molecule has 0 unspecified atom stereocenters. The van der Waals surface area contributed by atoms with E-state index in [1.165, 1.54) is 89.4 Å². The molecular formula is C38H49N5. The highest BCUT2D eigenvalue weighted by molar-refractivity contribution is 5.88. The Labute approximate surface area is 257 Å². The van der Waals surface area contributed by atoms with E-state index in [1.807, 2.05) is 0 Å². The summed E-state index contributed by atoms with van der Waals surface area (Å²) in [6, 6.07) is 0. The number of pyridine rings is 1. The lowest BCUT2D eigenvalue weighted by atomic mass is 9.75. The molecule has 0 spiro atoms. The van der Waals surface area contributed by atoms with Crippen LogP contribution in [-0.4, -0.2) is 19.9 Å². The second-order valence-electron chi connectivity index (χ2n) is 12.2. The second-order valence-corrected chi connectivity index (χ2v) is 12.2. The van der Waals surface area contributed by atoms with Crippen LogP contribution in [0.1, 0.15) is 124 Å². The third-order valence-corrected chi connectivity index (χ3v) is 10.5. The minimum Gasteiger partial charge on any atom is -0.357 e. The molecule has 2 aliphatic heterocycles. The zero-order chi connectivity index (χ0) is 30.5. The van der Waals surface area contributed by atoms with Gasteiger partial charge in [0.25, 0.3) is 0 Å². The first-order valence-corrected chi connectivity index (χ1v) is 16.8. The minimum atomic E-state index is -0.112. The standard InChI is InChI=1S/C38H49N5/c1-9-22-23(10-2)32-18-33-26(13-5)27(14-6)36(42-33)28-20-39-21-29-37(28)43-35(38(29,15-7)16-8)19-34-25(12-4)24(11-3)31(41-34)17-30(22)40-32/h17-21,40-43H,9-16H2,1-8H3. The molecule has 0 aromatic carbocycles. The van der Waals surface area contributed by atoms with Crippen molar-refractivity contribution in [1.82, 2.24) is 19.9 Å². The van der Waals surface area contributed by atoms with Crippen LogP contribution in [0.15, 0.2) is 18.1 Å². The monoisotopic (exact) mass is 575 g/mol. The number of H-pyrrole nitrogens is 3. The van der Waals surface area contributed by atoms with Gasteiger partial charge in [-0.05, 0) is 103 Å². The smallest absolute Gasteiger partial charge is 0.0550 e.